The van der Waals surface area contributed by atoms with Crippen LogP contribution in [0.5, 0.6) is 11.5 Å². The Morgan fingerprint density at radius 2 is 2.14 bits per heavy atom. The Morgan fingerprint density at radius 1 is 1.29 bits per heavy atom. The molecule has 9 heteroatoms. The molecule has 0 bridgehead atoms. The van der Waals surface area contributed by atoms with Gasteiger partial charge in [-0.2, -0.15) is 10.2 Å². The first-order valence-electron chi connectivity index (χ1n) is 8.44. The Kier molecular flexibility index (Phi) is 6.18. The first-order chi connectivity index (χ1) is 13.6. The van der Waals surface area contributed by atoms with E-state index < -0.39 is 11.9 Å². The highest BCUT2D eigenvalue weighted by atomic mass is 32.1. The van der Waals surface area contributed by atoms with E-state index in [1.54, 1.807) is 48.7 Å². The number of aromatic nitrogens is 2. The van der Waals surface area contributed by atoms with Gasteiger partial charge in [0.25, 0.3) is 5.91 Å². The van der Waals surface area contributed by atoms with Crippen molar-refractivity contribution < 1.29 is 19.1 Å². The van der Waals surface area contributed by atoms with Gasteiger partial charge in [0.05, 0.1) is 12.8 Å². The Bertz CT molecular complexity index is 995. The monoisotopic (exact) mass is 398 g/mol. The van der Waals surface area contributed by atoms with E-state index in [2.05, 4.69) is 20.7 Å². The normalized spacial score (nSPS) is 10.8. The average molecular weight is 398 g/mol. The van der Waals surface area contributed by atoms with Gasteiger partial charge < -0.3 is 9.47 Å². The van der Waals surface area contributed by atoms with Crippen LogP contribution in [0.3, 0.4) is 0 Å². The molecule has 3 rings (SSSR count). The van der Waals surface area contributed by atoms with Crippen LogP contribution in [0.1, 0.15) is 38.3 Å². The first-order valence-corrected chi connectivity index (χ1v) is 9.32. The highest BCUT2D eigenvalue weighted by Gasteiger charge is 2.14. The molecule has 2 aromatic heterocycles. The van der Waals surface area contributed by atoms with Crippen LogP contribution < -0.4 is 14.9 Å². The zero-order valence-electron chi connectivity index (χ0n) is 15.3. The molecule has 2 N–H and O–H groups in total. The van der Waals surface area contributed by atoms with Crippen molar-refractivity contribution in [2.45, 2.75) is 13.8 Å². The molecule has 0 spiro atoms. The van der Waals surface area contributed by atoms with Crippen molar-refractivity contribution in [2.24, 2.45) is 5.10 Å². The third kappa shape index (κ3) is 4.83. The largest absolute Gasteiger partial charge is 0.490 e. The molecule has 0 aliphatic carbocycles. The second-order valence-corrected chi connectivity index (χ2v) is 6.59. The Balaban J connectivity index is 1.69. The second kappa shape index (κ2) is 8.96. The summed E-state index contributed by atoms with van der Waals surface area (Å²) in [6, 6.07) is 10.1. The number of aromatic amines is 1. The lowest BCUT2D eigenvalue weighted by atomic mass is 10.2. The number of hydrazone groups is 1. The molecule has 28 heavy (non-hydrogen) atoms. The maximum Gasteiger partial charge on any atom is 0.353 e. The number of H-pyrrole nitrogens is 1. The zero-order chi connectivity index (χ0) is 19.9. The van der Waals surface area contributed by atoms with Crippen molar-refractivity contribution in [3.05, 3.63) is 63.6 Å². The molecule has 1 aromatic carbocycles. The van der Waals surface area contributed by atoms with Crippen LogP contribution in [0.4, 0.5) is 0 Å². The van der Waals surface area contributed by atoms with E-state index >= 15 is 0 Å². The Morgan fingerprint density at radius 3 is 2.82 bits per heavy atom. The summed E-state index contributed by atoms with van der Waals surface area (Å²) >= 11 is 1.30. The van der Waals surface area contributed by atoms with Gasteiger partial charge in [-0.1, -0.05) is 6.07 Å². The fraction of sp³-hybridized carbons (Fsp3) is 0.158. The lowest BCUT2D eigenvalue weighted by Crippen LogP contribution is -2.18. The minimum atomic E-state index is -0.445. The summed E-state index contributed by atoms with van der Waals surface area (Å²) < 4.78 is 11.0. The standard InChI is InChI=1S/C19H18N4O4S/c1-3-26-16-10-13(11-20-23-18(24)14-9-12(2)21-22-14)6-7-15(16)27-19(25)17-5-4-8-28-17/h4-11H,3H2,1-2H3,(H,21,22)(H,23,24). The molecule has 0 radical (unpaired) electrons. The number of esters is 1. The second-order valence-electron chi connectivity index (χ2n) is 5.64. The number of ether oxygens (including phenoxy) is 2. The van der Waals surface area contributed by atoms with Crippen LogP contribution in [0.25, 0.3) is 0 Å². The summed E-state index contributed by atoms with van der Waals surface area (Å²) in [4.78, 5) is 24.6. The molecule has 0 aliphatic heterocycles. The van der Waals surface area contributed by atoms with E-state index in [9.17, 15) is 9.59 Å². The zero-order valence-corrected chi connectivity index (χ0v) is 16.1. The molecule has 8 nitrogen and oxygen atoms in total. The van der Waals surface area contributed by atoms with Crippen molar-refractivity contribution >= 4 is 29.4 Å². The SMILES string of the molecule is CCOc1cc(C=NNC(=O)c2cc(C)[nH]n2)ccc1OC(=O)c1cccs1. The molecule has 0 atom stereocenters. The third-order valence-electron chi connectivity index (χ3n) is 3.51. The van der Waals surface area contributed by atoms with Crippen molar-refractivity contribution in [3.63, 3.8) is 0 Å². The van der Waals surface area contributed by atoms with Crippen molar-refractivity contribution in [2.75, 3.05) is 6.61 Å². The quantitative estimate of drug-likeness (QED) is 0.275. The Hall–Kier alpha value is -3.46. The van der Waals surface area contributed by atoms with Crippen LogP contribution in [-0.2, 0) is 0 Å². The van der Waals surface area contributed by atoms with E-state index in [1.165, 1.54) is 17.6 Å². The van der Waals surface area contributed by atoms with Crippen molar-refractivity contribution in [1.82, 2.24) is 15.6 Å². The van der Waals surface area contributed by atoms with Crippen LogP contribution in [0, 0.1) is 6.92 Å². The number of hydrogen-bond donors (Lipinski definition) is 2. The molecule has 0 saturated heterocycles. The fourth-order valence-electron chi connectivity index (χ4n) is 2.26. The topological polar surface area (TPSA) is 106 Å². The number of benzene rings is 1. The highest BCUT2D eigenvalue weighted by Crippen LogP contribution is 2.29. The van der Waals surface area contributed by atoms with Crippen LogP contribution in [0.15, 0.2) is 46.9 Å². The third-order valence-corrected chi connectivity index (χ3v) is 4.36. The summed E-state index contributed by atoms with van der Waals surface area (Å²) in [5.74, 6) is -0.148. The fourth-order valence-corrected chi connectivity index (χ4v) is 2.86. The molecule has 144 valence electrons. The predicted molar refractivity (Wildman–Crippen MR) is 105 cm³/mol. The number of carbonyl (C=O) groups excluding carboxylic acids is 2. The number of carbonyl (C=O) groups is 2. The van der Waals surface area contributed by atoms with E-state index in [4.69, 9.17) is 9.47 Å². The molecule has 3 aromatic rings. The maximum absolute atomic E-state index is 12.2. The first kappa shape index (κ1) is 19.3. The smallest absolute Gasteiger partial charge is 0.353 e. The molecule has 0 aliphatic rings. The number of nitrogens with zero attached hydrogens (tertiary/aromatic N) is 2. The summed E-state index contributed by atoms with van der Waals surface area (Å²) in [5, 5.41) is 12.3. The summed E-state index contributed by atoms with van der Waals surface area (Å²) in [7, 11) is 0. The lowest BCUT2D eigenvalue weighted by molar-refractivity contribution is 0.0733. The van der Waals surface area contributed by atoms with Gasteiger partial charge in [0, 0.05) is 5.69 Å². The molecular formula is C19H18N4O4S. The number of nitrogens with one attached hydrogen (secondary N) is 2. The molecule has 2 heterocycles. The van der Waals surface area contributed by atoms with Gasteiger partial charge in [-0.25, -0.2) is 10.2 Å². The van der Waals surface area contributed by atoms with Crippen LogP contribution >= 0.6 is 11.3 Å². The van der Waals surface area contributed by atoms with Crippen molar-refractivity contribution in [1.29, 1.82) is 0 Å². The van der Waals surface area contributed by atoms with Gasteiger partial charge in [0.1, 0.15) is 4.88 Å². The minimum absolute atomic E-state index is 0.250. The summed E-state index contributed by atoms with van der Waals surface area (Å²) in [5.41, 5.74) is 4.10. The van der Waals surface area contributed by atoms with Gasteiger partial charge >= 0.3 is 5.97 Å². The highest BCUT2D eigenvalue weighted by molar-refractivity contribution is 7.12. The number of amides is 1. The summed E-state index contributed by atoms with van der Waals surface area (Å²) in [6.07, 6.45) is 1.46. The van der Waals surface area contributed by atoms with Gasteiger partial charge in [0.2, 0.25) is 0 Å². The summed E-state index contributed by atoms with van der Waals surface area (Å²) in [6.45, 7) is 4.03. The van der Waals surface area contributed by atoms with Gasteiger partial charge in [-0.15, -0.1) is 11.3 Å². The molecular weight excluding hydrogens is 380 g/mol. The van der Waals surface area contributed by atoms with Gasteiger partial charge in [-0.05, 0) is 55.1 Å². The van der Waals surface area contributed by atoms with Crippen LogP contribution in [0.2, 0.25) is 0 Å². The predicted octanol–water partition coefficient (Wildman–Crippen LogP) is 3.16. The molecule has 0 unspecified atom stereocenters. The number of rotatable bonds is 7. The van der Waals surface area contributed by atoms with E-state index in [0.29, 0.717) is 28.5 Å². The minimum Gasteiger partial charge on any atom is -0.490 e. The number of hydrogen-bond acceptors (Lipinski definition) is 7. The number of aryl methyl sites for hydroxylation is 1. The maximum atomic E-state index is 12.2. The van der Waals surface area contributed by atoms with Crippen LogP contribution in [-0.4, -0.2) is 34.9 Å². The molecule has 0 fully saturated rings. The van der Waals surface area contributed by atoms with E-state index in [0.717, 1.165) is 5.69 Å². The Labute approximate surface area is 165 Å². The van der Waals surface area contributed by atoms with Gasteiger partial charge in [0.15, 0.2) is 17.2 Å². The van der Waals surface area contributed by atoms with E-state index in [-0.39, 0.29) is 5.69 Å². The van der Waals surface area contributed by atoms with E-state index in [1.807, 2.05) is 6.92 Å². The number of thiophene rings is 1. The van der Waals surface area contributed by atoms with Crippen molar-refractivity contribution in [3.8, 4) is 11.5 Å². The molecule has 0 saturated carbocycles. The molecule has 1 amide bonds. The lowest BCUT2D eigenvalue weighted by Gasteiger charge is -2.10. The van der Waals surface area contributed by atoms with Gasteiger partial charge in [-0.3, -0.25) is 9.89 Å². The average Bonchev–Trinajstić information content (AvgIpc) is 3.35.